The lowest BCUT2D eigenvalue weighted by Crippen LogP contribution is -2.35. The summed E-state index contributed by atoms with van der Waals surface area (Å²) in [6.45, 7) is 4.97. The van der Waals surface area contributed by atoms with Crippen molar-refractivity contribution in [2.75, 3.05) is 31.1 Å². The Kier molecular flexibility index (Phi) is 8.40. The molecule has 1 fully saturated rings. The van der Waals surface area contributed by atoms with Gasteiger partial charge in [-0.15, -0.1) is 0 Å². The minimum absolute atomic E-state index is 0.234. The van der Waals surface area contributed by atoms with Gasteiger partial charge in [0.25, 0.3) is 5.71 Å². The van der Waals surface area contributed by atoms with Gasteiger partial charge in [-0.2, -0.15) is 4.98 Å². The molecule has 0 N–H and O–H groups in total. The summed E-state index contributed by atoms with van der Waals surface area (Å²) in [7, 11) is 0. The molecule has 42 heavy (non-hydrogen) atoms. The Morgan fingerprint density at radius 1 is 0.881 bits per heavy atom. The van der Waals surface area contributed by atoms with E-state index >= 15 is 0 Å². The van der Waals surface area contributed by atoms with Crippen molar-refractivity contribution in [3.63, 3.8) is 0 Å². The van der Waals surface area contributed by atoms with E-state index in [1.54, 1.807) is 0 Å². The van der Waals surface area contributed by atoms with E-state index in [1.165, 1.54) is 0 Å². The maximum Gasteiger partial charge on any atom is 0.263 e. The molecule has 1 saturated heterocycles. The summed E-state index contributed by atoms with van der Waals surface area (Å²) >= 11 is 0. The second-order valence-electron chi connectivity index (χ2n) is 10.6. The highest BCUT2D eigenvalue weighted by Crippen LogP contribution is 2.36. The Labute approximate surface area is 245 Å². The Morgan fingerprint density at radius 3 is 2.48 bits per heavy atom. The van der Waals surface area contributed by atoms with Crippen LogP contribution in [0.5, 0.6) is 11.5 Å². The quantitative estimate of drug-likeness (QED) is 0.194. The minimum Gasteiger partial charge on any atom is -0.457 e. The lowest BCUT2D eigenvalue weighted by Gasteiger charge is -2.24. The highest BCUT2D eigenvalue weighted by Gasteiger charge is 2.26. The van der Waals surface area contributed by atoms with E-state index in [2.05, 4.69) is 29.1 Å². The number of anilines is 1. The smallest absolute Gasteiger partial charge is 0.263 e. The van der Waals surface area contributed by atoms with E-state index in [1.807, 2.05) is 77.7 Å². The molecule has 2 aromatic heterocycles. The van der Waals surface area contributed by atoms with Gasteiger partial charge in [0.1, 0.15) is 34.2 Å². The fourth-order valence-corrected chi connectivity index (χ4v) is 5.36. The van der Waals surface area contributed by atoms with Crippen LogP contribution in [0.3, 0.4) is 0 Å². The summed E-state index contributed by atoms with van der Waals surface area (Å²) in [5, 5.41) is 5.27. The molecule has 6 rings (SSSR count). The number of para-hydroxylation sites is 1. The first kappa shape index (κ1) is 27.4. The van der Waals surface area contributed by atoms with Crippen LogP contribution in [-0.2, 0) is 11.2 Å². The Morgan fingerprint density at radius 2 is 1.67 bits per heavy atom. The van der Waals surface area contributed by atoms with E-state index in [4.69, 9.17) is 19.2 Å². The number of aromatic nitrogens is 3. The average molecular weight is 562 g/mol. The lowest BCUT2D eigenvalue weighted by molar-refractivity contribution is -0.131. The van der Waals surface area contributed by atoms with Gasteiger partial charge in [0.2, 0.25) is 5.91 Å². The van der Waals surface area contributed by atoms with E-state index in [0.29, 0.717) is 48.9 Å². The fourth-order valence-electron chi connectivity index (χ4n) is 5.36. The Balaban J connectivity index is 1.36. The molecule has 1 aliphatic rings. The first-order chi connectivity index (χ1) is 20.7. The van der Waals surface area contributed by atoms with E-state index in [9.17, 15) is 4.79 Å². The van der Waals surface area contributed by atoms with Crippen LogP contribution in [-0.4, -0.2) is 52.1 Å². The third kappa shape index (κ3) is 6.28. The highest BCUT2D eigenvalue weighted by atomic mass is 16.5. The van der Waals surface area contributed by atoms with Crippen LogP contribution in [0, 0.1) is 0 Å². The minimum atomic E-state index is 0.234. The van der Waals surface area contributed by atoms with Crippen molar-refractivity contribution in [1.82, 2.24) is 20.0 Å². The summed E-state index contributed by atoms with van der Waals surface area (Å²) in [5.41, 5.74) is 3.10. The highest BCUT2D eigenvalue weighted by molar-refractivity contribution is 5.98. The van der Waals surface area contributed by atoms with Crippen LogP contribution in [0.15, 0.2) is 89.5 Å². The van der Waals surface area contributed by atoms with Crippen LogP contribution in [0.2, 0.25) is 0 Å². The van der Waals surface area contributed by atoms with E-state index in [0.717, 1.165) is 60.4 Å². The maximum absolute atomic E-state index is 12.8. The van der Waals surface area contributed by atoms with Gasteiger partial charge in [-0.05, 0) is 42.7 Å². The maximum atomic E-state index is 12.8. The van der Waals surface area contributed by atoms with Crippen molar-refractivity contribution in [3.05, 3.63) is 96.3 Å². The predicted octanol–water partition coefficient (Wildman–Crippen LogP) is 6.90. The number of carbonyl (C=O) groups is 1. The number of fused-ring (bicyclic) bond motifs is 1. The van der Waals surface area contributed by atoms with Crippen molar-refractivity contribution in [3.8, 4) is 22.8 Å². The summed E-state index contributed by atoms with van der Waals surface area (Å²) in [5.74, 6) is 3.16. The molecule has 5 aromatic rings. The molecule has 1 aliphatic heterocycles. The van der Waals surface area contributed by atoms with E-state index < -0.39 is 0 Å². The van der Waals surface area contributed by atoms with Gasteiger partial charge in [0.15, 0.2) is 0 Å². The Bertz CT molecular complexity index is 1640. The van der Waals surface area contributed by atoms with Gasteiger partial charge < -0.3 is 19.1 Å². The summed E-state index contributed by atoms with van der Waals surface area (Å²) < 4.78 is 12.0. The zero-order valence-electron chi connectivity index (χ0n) is 23.9. The zero-order valence-corrected chi connectivity index (χ0v) is 23.9. The molecule has 0 spiro atoms. The zero-order chi connectivity index (χ0) is 28.7. The number of benzene rings is 3. The molecular weight excluding hydrogens is 526 g/mol. The number of unbranched alkanes of at least 4 members (excludes halogenated alkanes) is 1. The van der Waals surface area contributed by atoms with Crippen LogP contribution >= 0.6 is 0 Å². The summed E-state index contributed by atoms with van der Waals surface area (Å²) in [6, 6.07) is 27.7. The van der Waals surface area contributed by atoms with Gasteiger partial charge in [0.05, 0.1) is 0 Å². The third-order valence-electron chi connectivity index (χ3n) is 7.55. The number of rotatable bonds is 9. The molecule has 0 bridgehead atoms. The van der Waals surface area contributed by atoms with Crippen LogP contribution < -0.4 is 9.64 Å². The fraction of sp³-hybridized carbons (Fsp3) is 0.294. The largest absolute Gasteiger partial charge is 0.457 e. The van der Waals surface area contributed by atoms with Gasteiger partial charge >= 0.3 is 0 Å². The van der Waals surface area contributed by atoms with Crippen LogP contribution in [0.1, 0.15) is 44.0 Å². The molecule has 0 unspecified atom stereocenters. The number of hydrogen-bond donors (Lipinski definition) is 0. The van der Waals surface area contributed by atoms with Gasteiger partial charge in [0, 0.05) is 44.6 Å². The van der Waals surface area contributed by atoms with Crippen molar-refractivity contribution in [2.24, 2.45) is 0 Å². The third-order valence-corrected chi connectivity index (χ3v) is 7.55. The number of ether oxygens (including phenoxy) is 1. The molecular formula is C34H35N5O3. The molecule has 0 atom stereocenters. The number of carbonyl (C=O) groups excluding carboxylic acids is 1. The number of nitrogens with zero attached hydrogens (tertiary/aromatic N) is 5. The molecule has 3 aromatic carbocycles. The molecule has 3 heterocycles. The second kappa shape index (κ2) is 12.9. The monoisotopic (exact) mass is 561 g/mol. The SMILES string of the molecule is CCCCC(=O)N1CCCN(c2nc(Cc3ccccc3)nc3onc(-c4cccc(Oc5ccccc5)c4)c23)CC1. The Hall–Kier alpha value is -4.72. The molecule has 0 aliphatic carbocycles. The average Bonchev–Trinajstić information content (AvgIpc) is 3.29. The van der Waals surface area contributed by atoms with Gasteiger partial charge in [-0.3, -0.25) is 4.79 Å². The number of hydrogen-bond acceptors (Lipinski definition) is 7. The summed E-state index contributed by atoms with van der Waals surface area (Å²) in [6.07, 6.45) is 3.98. The predicted molar refractivity (Wildman–Crippen MR) is 164 cm³/mol. The molecule has 0 saturated carbocycles. The van der Waals surface area contributed by atoms with Crippen molar-refractivity contribution in [1.29, 1.82) is 0 Å². The van der Waals surface area contributed by atoms with Crippen molar-refractivity contribution < 1.29 is 14.1 Å². The normalized spacial score (nSPS) is 13.7. The molecule has 0 radical (unpaired) electrons. The molecule has 1 amide bonds. The van der Waals surface area contributed by atoms with Crippen molar-refractivity contribution in [2.45, 2.75) is 39.0 Å². The van der Waals surface area contributed by atoms with E-state index in [-0.39, 0.29) is 5.91 Å². The standard InChI is InChI=1S/C34H35N5O3/c1-2-3-18-30(40)38-19-11-20-39(22-21-38)33-31-32(26-14-10-17-28(24-26)41-27-15-8-5-9-16-27)37-42-34(31)36-29(35-33)23-25-12-6-4-7-13-25/h4-10,12-17,24H,2-3,11,18-23H2,1H3. The van der Waals surface area contributed by atoms with Gasteiger partial charge in [-0.1, -0.05) is 79.2 Å². The molecule has 8 heteroatoms. The lowest BCUT2D eigenvalue weighted by atomic mass is 10.1. The first-order valence-corrected chi connectivity index (χ1v) is 14.7. The second-order valence-corrected chi connectivity index (χ2v) is 10.6. The topological polar surface area (TPSA) is 84.6 Å². The molecule has 8 nitrogen and oxygen atoms in total. The van der Waals surface area contributed by atoms with Crippen LogP contribution in [0.4, 0.5) is 5.82 Å². The first-order valence-electron chi connectivity index (χ1n) is 14.7. The van der Waals surface area contributed by atoms with Gasteiger partial charge in [-0.25, -0.2) is 4.98 Å². The van der Waals surface area contributed by atoms with Crippen LogP contribution in [0.25, 0.3) is 22.4 Å². The summed E-state index contributed by atoms with van der Waals surface area (Å²) in [4.78, 5) is 27.0. The van der Waals surface area contributed by atoms with Crippen molar-refractivity contribution >= 4 is 22.8 Å². The molecule has 214 valence electrons. The number of amides is 1.